The minimum Gasteiger partial charge on any atom is -0.317 e. The van der Waals surface area contributed by atoms with E-state index in [1.54, 1.807) is 0 Å². The van der Waals surface area contributed by atoms with Crippen molar-refractivity contribution in [2.45, 2.75) is 45.4 Å². The SMILES string of the molecule is C/C(=N\OC(=O)C12CC3CC(CC(C3)C1)C2)c1ccccc1. The lowest BCUT2D eigenvalue weighted by Crippen LogP contribution is -2.50. The van der Waals surface area contributed by atoms with Crippen molar-refractivity contribution in [3.05, 3.63) is 35.9 Å². The first-order valence-electron chi connectivity index (χ1n) is 8.46. The normalized spacial score (nSPS) is 36.4. The van der Waals surface area contributed by atoms with Gasteiger partial charge in [0.25, 0.3) is 0 Å². The number of hydrogen-bond donors (Lipinski definition) is 0. The molecule has 1 aromatic carbocycles. The summed E-state index contributed by atoms with van der Waals surface area (Å²) in [6.07, 6.45) is 7.07. The lowest BCUT2D eigenvalue weighted by atomic mass is 9.49. The van der Waals surface area contributed by atoms with Crippen molar-refractivity contribution >= 4 is 11.7 Å². The summed E-state index contributed by atoms with van der Waals surface area (Å²) in [5.41, 5.74) is 1.54. The fourth-order valence-corrected chi connectivity index (χ4v) is 5.30. The topological polar surface area (TPSA) is 38.7 Å². The van der Waals surface area contributed by atoms with Crippen molar-refractivity contribution < 1.29 is 9.63 Å². The van der Waals surface area contributed by atoms with Crippen LogP contribution in [0.3, 0.4) is 0 Å². The van der Waals surface area contributed by atoms with E-state index >= 15 is 0 Å². The molecule has 5 rings (SSSR count). The van der Waals surface area contributed by atoms with Gasteiger partial charge >= 0.3 is 5.97 Å². The second kappa shape index (κ2) is 5.22. The maximum absolute atomic E-state index is 12.7. The number of rotatable bonds is 3. The lowest BCUT2D eigenvalue weighted by Gasteiger charge is -2.54. The largest absolute Gasteiger partial charge is 0.341 e. The summed E-state index contributed by atoms with van der Waals surface area (Å²) < 4.78 is 0. The van der Waals surface area contributed by atoms with E-state index in [4.69, 9.17) is 4.84 Å². The Labute approximate surface area is 131 Å². The number of carbonyl (C=O) groups excluding carboxylic acids is 1. The van der Waals surface area contributed by atoms with Crippen LogP contribution in [0.25, 0.3) is 0 Å². The Morgan fingerprint density at radius 3 is 2.14 bits per heavy atom. The van der Waals surface area contributed by atoms with E-state index in [1.807, 2.05) is 37.3 Å². The summed E-state index contributed by atoms with van der Waals surface area (Å²) in [6.45, 7) is 1.89. The minimum atomic E-state index is -0.227. The maximum Gasteiger partial charge on any atom is 0.341 e. The van der Waals surface area contributed by atoms with E-state index in [2.05, 4.69) is 5.16 Å². The van der Waals surface area contributed by atoms with Crippen molar-refractivity contribution in [2.75, 3.05) is 0 Å². The van der Waals surface area contributed by atoms with Crippen LogP contribution in [-0.4, -0.2) is 11.7 Å². The van der Waals surface area contributed by atoms with E-state index in [0.717, 1.165) is 48.3 Å². The Morgan fingerprint density at radius 1 is 1.05 bits per heavy atom. The van der Waals surface area contributed by atoms with Crippen molar-refractivity contribution in [1.82, 2.24) is 0 Å². The van der Waals surface area contributed by atoms with Crippen LogP contribution in [0.1, 0.15) is 51.0 Å². The summed E-state index contributed by atoms with van der Waals surface area (Å²) in [5.74, 6) is 2.16. The molecule has 0 aliphatic heterocycles. The molecule has 0 amide bonds. The van der Waals surface area contributed by atoms with Gasteiger partial charge in [0.15, 0.2) is 0 Å². The average molecular weight is 297 g/mol. The number of hydrogen-bond acceptors (Lipinski definition) is 3. The van der Waals surface area contributed by atoms with Crippen LogP contribution in [0, 0.1) is 23.2 Å². The molecule has 4 fully saturated rings. The summed E-state index contributed by atoms with van der Waals surface area (Å²) in [7, 11) is 0. The van der Waals surface area contributed by atoms with Crippen LogP contribution >= 0.6 is 0 Å². The smallest absolute Gasteiger partial charge is 0.317 e. The van der Waals surface area contributed by atoms with Crippen molar-refractivity contribution in [2.24, 2.45) is 28.3 Å². The fourth-order valence-electron chi connectivity index (χ4n) is 5.30. The molecule has 4 saturated carbocycles. The average Bonchev–Trinajstić information content (AvgIpc) is 2.51. The predicted molar refractivity (Wildman–Crippen MR) is 85.4 cm³/mol. The molecule has 0 N–H and O–H groups in total. The molecule has 0 unspecified atom stereocenters. The number of nitrogens with zero attached hydrogens (tertiary/aromatic N) is 1. The molecule has 4 aliphatic rings. The minimum absolute atomic E-state index is 0.0816. The van der Waals surface area contributed by atoms with Gasteiger partial charge in [0.2, 0.25) is 0 Å². The summed E-state index contributed by atoms with van der Waals surface area (Å²) in [6, 6.07) is 9.87. The molecule has 4 bridgehead atoms. The molecule has 3 heteroatoms. The highest BCUT2D eigenvalue weighted by Crippen LogP contribution is 2.60. The van der Waals surface area contributed by atoms with Gasteiger partial charge in [-0.15, -0.1) is 0 Å². The van der Waals surface area contributed by atoms with Crippen molar-refractivity contribution in [3.63, 3.8) is 0 Å². The summed E-state index contributed by atoms with van der Waals surface area (Å²) in [4.78, 5) is 18.1. The Balaban J connectivity index is 1.48. The van der Waals surface area contributed by atoms with E-state index < -0.39 is 0 Å². The van der Waals surface area contributed by atoms with Crippen molar-refractivity contribution in [3.8, 4) is 0 Å². The molecule has 4 aliphatic carbocycles. The second-order valence-electron chi connectivity index (χ2n) is 7.62. The van der Waals surface area contributed by atoms with Crippen molar-refractivity contribution in [1.29, 1.82) is 0 Å². The Kier molecular flexibility index (Phi) is 3.32. The van der Waals surface area contributed by atoms with Crippen LogP contribution in [0.4, 0.5) is 0 Å². The highest BCUT2D eigenvalue weighted by Gasteiger charge is 2.55. The fraction of sp³-hybridized carbons (Fsp3) is 0.579. The zero-order valence-electron chi connectivity index (χ0n) is 13.1. The van der Waals surface area contributed by atoms with E-state index in [1.165, 1.54) is 19.3 Å². The first-order valence-corrected chi connectivity index (χ1v) is 8.46. The molecular weight excluding hydrogens is 274 g/mol. The number of oxime groups is 1. The van der Waals surface area contributed by atoms with Crippen LogP contribution < -0.4 is 0 Å². The zero-order chi connectivity index (χ0) is 15.2. The van der Waals surface area contributed by atoms with Gasteiger partial charge in [-0.1, -0.05) is 35.5 Å². The lowest BCUT2D eigenvalue weighted by molar-refractivity contribution is -0.171. The predicted octanol–water partition coefficient (Wildman–Crippen LogP) is 4.17. The molecule has 0 spiro atoms. The summed E-state index contributed by atoms with van der Waals surface area (Å²) in [5, 5.41) is 4.12. The molecule has 1 aromatic rings. The summed E-state index contributed by atoms with van der Waals surface area (Å²) >= 11 is 0. The van der Waals surface area contributed by atoms with Crippen LogP contribution in [-0.2, 0) is 9.63 Å². The van der Waals surface area contributed by atoms with Crippen LogP contribution in [0.15, 0.2) is 35.5 Å². The van der Waals surface area contributed by atoms with E-state index in [0.29, 0.717) is 0 Å². The molecule has 3 nitrogen and oxygen atoms in total. The van der Waals surface area contributed by atoms with Gasteiger partial charge in [0.1, 0.15) is 0 Å². The second-order valence-corrected chi connectivity index (χ2v) is 7.62. The number of carbonyl (C=O) groups is 1. The third-order valence-electron chi connectivity index (χ3n) is 5.93. The van der Waals surface area contributed by atoms with Gasteiger partial charge in [-0.3, -0.25) is 0 Å². The molecular formula is C19H23NO2. The monoisotopic (exact) mass is 297 g/mol. The zero-order valence-corrected chi connectivity index (χ0v) is 13.1. The van der Waals surface area contributed by atoms with Gasteiger partial charge in [0, 0.05) is 0 Å². The first-order chi connectivity index (χ1) is 10.6. The maximum atomic E-state index is 12.7. The van der Waals surface area contributed by atoms with Gasteiger partial charge in [0.05, 0.1) is 11.1 Å². The third kappa shape index (κ3) is 2.37. The quantitative estimate of drug-likeness (QED) is 0.477. The Bertz CT molecular complexity index is 570. The first kappa shape index (κ1) is 14.0. The Hall–Kier alpha value is -1.64. The number of benzene rings is 1. The molecule has 116 valence electrons. The molecule has 0 heterocycles. The van der Waals surface area contributed by atoms with Gasteiger partial charge in [-0.05, 0) is 68.8 Å². The van der Waals surface area contributed by atoms with E-state index in [9.17, 15) is 4.79 Å². The molecule has 22 heavy (non-hydrogen) atoms. The standard InChI is InChI=1S/C19H23NO2/c1-13(17-5-3-2-4-6-17)20-22-18(21)19-10-14-7-15(11-19)9-16(8-14)12-19/h2-6,14-16H,7-12H2,1H3/b20-13+. The molecule has 0 atom stereocenters. The van der Waals surface area contributed by atoms with Gasteiger partial charge < -0.3 is 4.84 Å². The van der Waals surface area contributed by atoms with E-state index in [-0.39, 0.29) is 11.4 Å². The van der Waals surface area contributed by atoms with Gasteiger partial charge in [-0.25, -0.2) is 4.79 Å². The highest BCUT2D eigenvalue weighted by molar-refractivity contribution is 5.98. The molecule has 0 aromatic heterocycles. The van der Waals surface area contributed by atoms with Crippen LogP contribution in [0.2, 0.25) is 0 Å². The van der Waals surface area contributed by atoms with Gasteiger partial charge in [-0.2, -0.15) is 0 Å². The third-order valence-corrected chi connectivity index (χ3v) is 5.93. The Morgan fingerprint density at radius 2 is 1.59 bits per heavy atom. The molecule has 0 radical (unpaired) electrons. The van der Waals surface area contributed by atoms with Crippen LogP contribution in [0.5, 0.6) is 0 Å². The highest BCUT2D eigenvalue weighted by atomic mass is 16.7. The molecule has 0 saturated heterocycles.